The fourth-order valence-corrected chi connectivity index (χ4v) is 5.65. The molecule has 4 N–H and O–H groups in total. The van der Waals surface area contributed by atoms with Crippen molar-refractivity contribution in [2.75, 3.05) is 24.5 Å². The maximum absolute atomic E-state index is 15.3. The number of anilines is 1. The van der Waals surface area contributed by atoms with E-state index in [1.807, 2.05) is 17.0 Å². The maximum atomic E-state index is 15.3. The third kappa shape index (κ3) is 6.51. The van der Waals surface area contributed by atoms with E-state index in [0.717, 1.165) is 36.5 Å². The summed E-state index contributed by atoms with van der Waals surface area (Å²) in [5.41, 5.74) is 2.99. The van der Waals surface area contributed by atoms with Crippen molar-refractivity contribution in [3.8, 4) is 22.4 Å². The van der Waals surface area contributed by atoms with Crippen molar-refractivity contribution in [2.45, 2.75) is 51.8 Å². The van der Waals surface area contributed by atoms with Gasteiger partial charge in [0, 0.05) is 19.0 Å². The summed E-state index contributed by atoms with van der Waals surface area (Å²) in [4.78, 5) is 58.9. The standard InChI is InChI=1S/C31H35FN6O6/c1-17(2)27(36-30(41)42)29(40)34-14-22-16-38(31(43)44-22)21-10-11-23(24(32)13-21)19-6-8-20(9-7-19)25-15-33-28(35-25)26-5-4-12-37(26)18(3)39/h6-11,13,15,17,22,26-27,36H,4-5,12,14,16H2,1-3H3,(H,33,35)(H,34,40)(H,41,42)/t22-,26-,27-/m0/s1. The van der Waals surface area contributed by atoms with Gasteiger partial charge in [-0.3, -0.25) is 14.5 Å². The molecule has 4 amide bonds. The zero-order chi connectivity index (χ0) is 31.5. The summed E-state index contributed by atoms with van der Waals surface area (Å²) in [7, 11) is 0. The Labute approximate surface area is 253 Å². The van der Waals surface area contributed by atoms with Gasteiger partial charge in [0.05, 0.1) is 36.7 Å². The largest absolute Gasteiger partial charge is 0.465 e. The summed E-state index contributed by atoms with van der Waals surface area (Å²) in [6, 6.07) is 10.8. The predicted molar refractivity (Wildman–Crippen MR) is 159 cm³/mol. The molecular formula is C31H35FN6O6. The first-order valence-electron chi connectivity index (χ1n) is 14.5. The lowest BCUT2D eigenvalue weighted by molar-refractivity contribution is -0.129. The SMILES string of the molecule is CC(=O)N1CCC[C@H]1c1ncc(-c2ccc(-c3ccc(N4C[C@H](CNC(=O)[C@@H](NC(=O)O)C(C)C)OC4=O)cc3F)cc2)[nH]1. The third-order valence-corrected chi connectivity index (χ3v) is 7.95. The van der Waals surface area contributed by atoms with Gasteiger partial charge in [0.2, 0.25) is 11.8 Å². The van der Waals surface area contributed by atoms with E-state index in [-0.39, 0.29) is 31.0 Å². The highest BCUT2D eigenvalue weighted by atomic mass is 19.1. The number of nitrogens with zero attached hydrogens (tertiary/aromatic N) is 3. The maximum Gasteiger partial charge on any atom is 0.414 e. The molecular weight excluding hydrogens is 571 g/mol. The number of hydrogen-bond acceptors (Lipinski definition) is 6. The third-order valence-electron chi connectivity index (χ3n) is 7.95. The molecule has 1 aromatic heterocycles. The van der Waals surface area contributed by atoms with Crippen molar-refractivity contribution in [1.82, 2.24) is 25.5 Å². The molecule has 13 heteroatoms. The number of rotatable bonds is 9. The monoisotopic (exact) mass is 606 g/mol. The molecule has 2 aliphatic heterocycles. The molecule has 3 atom stereocenters. The Morgan fingerprint density at radius 2 is 1.89 bits per heavy atom. The van der Waals surface area contributed by atoms with Crippen molar-refractivity contribution < 1.29 is 33.4 Å². The van der Waals surface area contributed by atoms with Crippen LogP contribution >= 0.6 is 0 Å². The van der Waals surface area contributed by atoms with Gasteiger partial charge in [-0.1, -0.05) is 38.1 Å². The van der Waals surface area contributed by atoms with E-state index in [2.05, 4.69) is 20.6 Å². The van der Waals surface area contributed by atoms with Gasteiger partial charge in [-0.05, 0) is 48.1 Å². The minimum absolute atomic E-state index is 0.0219. The molecule has 0 bridgehead atoms. The van der Waals surface area contributed by atoms with E-state index in [1.54, 1.807) is 51.2 Å². The fourth-order valence-electron chi connectivity index (χ4n) is 5.65. The van der Waals surface area contributed by atoms with Crippen LogP contribution in [0.1, 0.15) is 45.5 Å². The number of amides is 4. The number of carbonyl (C=O) groups is 4. The second-order valence-electron chi connectivity index (χ2n) is 11.3. The van der Waals surface area contributed by atoms with Crippen LogP contribution in [0.5, 0.6) is 0 Å². The number of carbonyl (C=O) groups excluding carboxylic acids is 3. The van der Waals surface area contributed by atoms with Gasteiger partial charge in [-0.15, -0.1) is 0 Å². The summed E-state index contributed by atoms with van der Waals surface area (Å²) in [5.74, 6) is -0.557. The number of aromatic amines is 1. The number of likely N-dealkylation sites (tertiary alicyclic amines) is 1. The van der Waals surface area contributed by atoms with Crippen LogP contribution in [0.2, 0.25) is 0 Å². The van der Waals surface area contributed by atoms with Crippen molar-refractivity contribution in [1.29, 1.82) is 0 Å². The molecule has 2 fully saturated rings. The predicted octanol–water partition coefficient (Wildman–Crippen LogP) is 4.30. The van der Waals surface area contributed by atoms with E-state index in [1.165, 1.54) is 11.0 Å². The smallest absolute Gasteiger partial charge is 0.414 e. The number of benzene rings is 2. The number of nitrogens with one attached hydrogen (secondary N) is 3. The minimum atomic E-state index is -1.31. The van der Waals surface area contributed by atoms with Crippen molar-refractivity contribution in [2.24, 2.45) is 5.92 Å². The lowest BCUT2D eigenvalue weighted by atomic mass is 10.0. The van der Waals surface area contributed by atoms with Gasteiger partial charge in [-0.2, -0.15) is 0 Å². The highest BCUT2D eigenvalue weighted by Crippen LogP contribution is 2.33. The van der Waals surface area contributed by atoms with Gasteiger partial charge in [0.15, 0.2) is 0 Å². The second kappa shape index (κ2) is 12.7. The first-order chi connectivity index (χ1) is 21.0. The van der Waals surface area contributed by atoms with Crippen molar-refractivity contribution >= 4 is 29.7 Å². The highest BCUT2D eigenvalue weighted by molar-refractivity contribution is 5.90. The topological polar surface area (TPSA) is 157 Å². The molecule has 0 aliphatic carbocycles. The molecule has 44 heavy (non-hydrogen) atoms. The average Bonchev–Trinajstić information content (AvgIpc) is 3.74. The van der Waals surface area contributed by atoms with Gasteiger partial charge < -0.3 is 30.4 Å². The number of halogens is 1. The Balaban J connectivity index is 1.22. The normalized spacial score (nSPS) is 18.8. The number of ether oxygens (including phenoxy) is 1. The Morgan fingerprint density at radius 3 is 2.55 bits per heavy atom. The molecule has 5 rings (SSSR count). The lowest BCUT2D eigenvalue weighted by Gasteiger charge is -2.21. The molecule has 3 aromatic rings. The van der Waals surface area contributed by atoms with E-state index in [4.69, 9.17) is 9.84 Å². The minimum Gasteiger partial charge on any atom is -0.465 e. The highest BCUT2D eigenvalue weighted by Gasteiger charge is 2.34. The average molecular weight is 607 g/mol. The fraction of sp³-hybridized carbons (Fsp3) is 0.387. The van der Waals surface area contributed by atoms with Crippen LogP contribution in [0.15, 0.2) is 48.7 Å². The molecule has 0 unspecified atom stereocenters. The number of hydrogen-bond donors (Lipinski definition) is 4. The number of imidazole rings is 1. The first kappa shape index (κ1) is 30.5. The zero-order valence-electron chi connectivity index (χ0n) is 24.7. The Hall–Kier alpha value is -4.94. The lowest BCUT2D eigenvalue weighted by Crippen LogP contribution is -2.50. The number of aromatic nitrogens is 2. The van der Waals surface area contributed by atoms with Crippen LogP contribution in [-0.4, -0.2) is 75.8 Å². The van der Waals surface area contributed by atoms with Gasteiger partial charge in [0.25, 0.3) is 0 Å². The van der Waals surface area contributed by atoms with Crippen molar-refractivity contribution in [3.63, 3.8) is 0 Å². The molecule has 2 saturated heterocycles. The molecule has 0 spiro atoms. The summed E-state index contributed by atoms with van der Waals surface area (Å²) in [6.07, 6.45) is 0.851. The molecule has 0 saturated carbocycles. The molecule has 0 radical (unpaired) electrons. The summed E-state index contributed by atoms with van der Waals surface area (Å²) in [5, 5.41) is 13.8. The van der Waals surface area contributed by atoms with E-state index >= 15 is 4.39 Å². The summed E-state index contributed by atoms with van der Waals surface area (Å²) >= 11 is 0. The first-order valence-corrected chi connectivity index (χ1v) is 14.5. The van der Waals surface area contributed by atoms with Crippen LogP contribution in [0.25, 0.3) is 22.4 Å². The number of cyclic esters (lactones) is 1. The Kier molecular flexibility index (Phi) is 8.83. The summed E-state index contributed by atoms with van der Waals surface area (Å²) in [6.45, 7) is 5.77. The molecule has 2 aliphatic rings. The zero-order valence-corrected chi connectivity index (χ0v) is 24.7. The van der Waals surface area contributed by atoms with Crippen LogP contribution in [0.3, 0.4) is 0 Å². The van der Waals surface area contributed by atoms with Gasteiger partial charge in [-0.25, -0.2) is 19.0 Å². The second-order valence-corrected chi connectivity index (χ2v) is 11.3. The van der Waals surface area contributed by atoms with E-state index in [9.17, 15) is 19.2 Å². The van der Waals surface area contributed by atoms with E-state index < -0.39 is 36.1 Å². The molecule has 3 heterocycles. The van der Waals surface area contributed by atoms with Crippen molar-refractivity contribution in [3.05, 3.63) is 60.3 Å². The van der Waals surface area contributed by atoms with Crippen LogP contribution in [-0.2, 0) is 14.3 Å². The van der Waals surface area contributed by atoms with E-state index in [0.29, 0.717) is 16.8 Å². The number of H-pyrrole nitrogens is 1. The Morgan fingerprint density at radius 1 is 1.16 bits per heavy atom. The molecule has 2 aromatic carbocycles. The van der Waals surface area contributed by atoms with Gasteiger partial charge >= 0.3 is 12.2 Å². The number of carboxylic acid groups (broad SMARTS) is 1. The quantitative estimate of drug-likeness (QED) is 0.283. The van der Waals surface area contributed by atoms with Crippen LogP contribution in [0.4, 0.5) is 19.7 Å². The Bertz CT molecular complexity index is 1560. The molecule has 12 nitrogen and oxygen atoms in total. The van der Waals surface area contributed by atoms with Gasteiger partial charge in [0.1, 0.15) is 23.8 Å². The van der Waals surface area contributed by atoms with Crippen LogP contribution in [0, 0.1) is 11.7 Å². The summed E-state index contributed by atoms with van der Waals surface area (Å²) < 4.78 is 20.6. The van der Waals surface area contributed by atoms with Crippen LogP contribution < -0.4 is 15.5 Å². The molecule has 232 valence electrons.